The highest BCUT2D eigenvalue weighted by molar-refractivity contribution is 7.92. The summed E-state index contributed by atoms with van der Waals surface area (Å²) in [7, 11) is -4.22. The summed E-state index contributed by atoms with van der Waals surface area (Å²) in [4.78, 5) is 28.1. The molecule has 0 radical (unpaired) electrons. The molecule has 0 saturated heterocycles. The minimum Gasteiger partial charge on any atom is -0.354 e. The predicted octanol–water partition coefficient (Wildman–Crippen LogP) is 5.17. The average molecular weight is 574 g/mol. The topological polar surface area (TPSA) is 86.8 Å². The van der Waals surface area contributed by atoms with Gasteiger partial charge in [0.25, 0.3) is 10.0 Å². The van der Waals surface area contributed by atoms with E-state index in [0.29, 0.717) is 17.1 Å². The summed E-state index contributed by atoms with van der Waals surface area (Å²) in [5, 5.41) is 3.30. The Morgan fingerprint density at radius 2 is 1.62 bits per heavy atom. The van der Waals surface area contributed by atoms with Crippen molar-refractivity contribution >= 4 is 39.1 Å². The zero-order valence-corrected chi connectivity index (χ0v) is 24.0. The molecule has 3 rings (SSSR count). The van der Waals surface area contributed by atoms with Crippen molar-refractivity contribution in [3.8, 4) is 0 Å². The number of hydrogen-bond acceptors (Lipinski definition) is 4. The molecule has 0 saturated carbocycles. The number of carbonyl (C=O) groups excluding carboxylic acids is 2. The molecule has 0 heterocycles. The van der Waals surface area contributed by atoms with Crippen LogP contribution in [-0.2, 0) is 26.2 Å². The number of anilines is 1. The SMILES string of the molecule is Cc1ccc(S(=O)(=O)N(CC(=O)N(Cc2cccc(Cl)c2)[C@H](C)C(=O)NCC(C)C)c2ccc(F)cc2)cc1. The number of rotatable bonds is 11. The van der Waals surface area contributed by atoms with Crippen molar-refractivity contribution in [1.82, 2.24) is 10.2 Å². The third-order valence-electron chi connectivity index (χ3n) is 6.10. The molecule has 1 atom stereocenters. The summed E-state index contributed by atoms with van der Waals surface area (Å²) >= 11 is 6.15. The first-order chi connectivity index (χ1) is 18.4. The van der Waals surface area contributed by atoms with Gasteiger partial charge in [-0.05, 0) is 73.9 Å². The highest BCUT2D eigenvalue weighted by Gasteiger charge is 2.32. The third-order valence-corrected chi connectivity index (χ3v) is 8.12. The van der Waals surface area contributed by atoms with Gasteiger partial charge in [0.15, 0.2) is 0 Å². The van der Waals surface area contributed by atoms with E-state index < -0.39 is 34.3 Å². The van der Waals surface area contributed by atoms with Crippen molar-refractivity contribution in [3.05, 3.63) is 94.8 Å². The summed E-state index contributed by atoms with van der Waals surface area (Å²) in [5.41, 5.74) is 1.66. The minimum atomic E-state index is -4.22. The molecule has 0 fully saturated rings. The van der Waals surface area contributed by atoms with Gasteiger partial charge in [0.05, 0.1) is 10.6 Å². The van der Waals surface area contributed by atoms with Crippen LogP contribution in [0.5, 0.6) is 0 Å². The molecule has 2 amide bonds. The fourth-order valence-electron chi connectivity index (χ4n) is 3.84. The number of nitrogens with zero attached hydrogens (tertiary/aromatic N) is 2. The summed E-state index contributed by atoms with van der Waals surface area (Å²) in [5.74, 6) is -1.32. The molecule has 10 heteroatoms. The van der Waals surface area contributed by atoms with Crippen molar-refractivity contribution < 1.29 is 22.4 Å². The van der Waals surface area contributed by atoms with E-state index in [9.17, 15) is 22.4 Å². The maximum atomic E-state index is 13.8. The van der Waals surface area contributed by atoms with Gasteiger partial charge in [-0.3, -0.25) is 13.9 Å². The van der Waals surface area contributed by atoms with Crippen LogP contribution in [0.1, 0.15) is 31.9 Å². The van der Waals surface area contributed by atoms with Gasteiger partial charge in [-0.1, -0.05) is 55.3 Å². The Morgan fingerprint density at radius 3 is 2.21 bits per heavy atom. The Labute approximate surface area is 234 Å². The molecule has 0 unspecified atom stereocenters. The van der Waals surface area contributed by atoms with E-state index in [1.807, 2.05) is 20.8 Å². The van der Waals surface area contributed by atoms with Crippen LogP contribution in [0.3, 0.4) is 0 Å². The monoisotopic (exact) mass is 573 g/mol. The minimum absolute atomic E-state index is 0.0191. The quantitative estimate of drug-likeness (QED) is 0.343. The first kappa shape index (κ1) is 30.1. The lowest BCUT2D eigenvalue weighted by atomic mass is 10.1. The maximum absolute atomic E-state index is 13.8. The smallest absolute Gasteiger partial charge is 0.264 e. The molecule has 1 N–H and O–H groups in total. The van der Waals surface area contributed by atoms with E-state index in [2.05, 4.69) is 5.32 Å². The van der Waals surface area contributed by atoms with Crippen LogP contribution >= 0.6 is 11.6 Å². The van der Waals surface area contributed by atoms with Gasteiger partial charge in [0.1, 0.15) is 18.4 Å². The second-order valence-corrected chi connectivity index (χ2v) is 12.1. The second-order valence-electron chi connectivity index (χ2n) is 9.77. The van der Waals surface area contributed by atoms with Crippen molar-refractivity contribution in [2.75, 3.05) is 17.4 Å². The molecule has 0 aliphatic rings. The lowest BCUT2D eigenvalue weighted by Gasteiger charge is -2.32. The molecular weight excluding hydrogens is 541 g/mol. The van der Waals surface area contributed by atoms with Gasteiger partial charge in [0.2, 0.25) is 11.8 Å². The molecule has 3 aromatic rings. The van der Waals surface area contributed by atoms with E-state index in [0.717, 1.165) is 22.0 Å². The van der Waals surface area contributed by atoms with E-state index in [4.69, 9.17) is 11.6 Å². The Balaban J connectivity index is 2.01. The van der Waals surface area contributed by atoms with E-state index in [1.165, 1.54) is 29.2 Å². The van der Waals surface area contributed by atoms with Crippen molar-refractivity contribution in [1.29, 1.82) is 0 Å². The number of amides is 2. The number of sulfonamides is 1. The largest absolute Gasteiger partial charge is 0.354 e. The normalized spacial score (nSPS) is 12.2. The first-order valence-corrected chi connectivity index (χ1v) is 14.4. The number of hydrogen-bond donors (Lipinski definition) is 1. The Bertz CT molecular complexity index is 1400. The Morgan fingerprint density at radius 1 is 0.974 bits per heavy atom. The number of benzene rings is 3. The number of halogens is 2. The molecule has 0 bridgehead atoms. The second kappa shape index (κ2) is 13.1. The van der Waals surface area contributed by atoms with E-state index in [1.54, 1.807) is 43.3 Å². The van der Waals surface area contributed by atoms with Gasteiger partial charge in [-0.2, -0.15) is 0 Å². The van der Waals surface area contributed by atoms with Crippen molar-refractivity contribution in [3.63, 3.8) is 0 Å². The van der Waals surface area contributed by atoms with Gasteiger partial charge in [0, 0.05) is 18.1 Å². The maximum Gasteiger partial charge on any atom is 0.264 e. The van der Waals surface area contributed by atoms with Gasteiger partial charge in [-0.25, -0.2) is 12.8 Å². The van der Waals surface area contributed by atoms with Gasteiger partial charge in [-0.15, -0.1) is 0 Å². The molecule has 0 aliphatic carbocycles. The van der Waals surface area contributed by atoms with Crippen molar-refractivity contribution in [2.24, 2.45) is 5.92 Å². The fourth-order valence-corrected chi connectivity index (χ4v) is 5.47. The highest BCUT2D eigenvalue weighted by atomic mass is 35.5. The summed E-state index contributed by atoms with van der Waals surface area (Å²) in [6, 6.07) is 17.1. The lowest BCUT2D eigenvalue weighted by Crippen LogP contribution is -2.51. The molecule has 0 aliphatic heterocycles. The number of aryl methyl sites for hydroxylation is 1. The molecule has 3 aromatic carbocycles. The van der Waals surface area contributed by atoms with Crippen molar-refractivity contribution in [2.45, 2.75) is 45.2 Å². The summed E-state index contributed by atoms with van der Waals surface area (Å²) in [6.45, 7) is 7.17. The van der Waals surface area contributed by atoms with Gasteiger partial charge < -0.3 is 10.2 Å². The number of nitrogens with one attached hydrogen (secondary N) is 1. The predicted molar refractivity (Wildman–Crippen MR) is 151 cm³/mol. The van der Waals surface area contributed by atoms with Crippen LogP contribution in [0, 0.1) is 18.7 Å². The molecule has 0 spiro atoms. The molecule has 0 aromatic heterocycles. The fraction of sp³-hybridized carbons (Fsp3) is 0.310. The van der Waals surface area contributed by atoms with Crippen LogP contribution in [-0.4, -0.2) is 44.3 Å². The zero-order valence-electron chi connectivity index (χ0n) is 22.4. The highest BCUT2D eigenvalue weighted by Crippen LogP contribution is 2.25. The Hall–Kier alpha value is -3.43. The standard InChI is InChI=1S/C29H33ClFN3O4S/c1-20(2)17-32-29(36)22(4)33(18-23-6-5-7-24(30)16-23)28(35)19-34(26-12-10-25(31)11-13-26)39(37,38)27-14-8-21(3)9-15-27/h5-16,20,22H,17-19H2,1-4H3,(H,32,36)/t22-/m1/s1. The lowest BCUT2D eigenvalue weighted by molar-refractivity contribution is -0.139. The summed E-state index contributed by atoms with van der Waals surface area (Å²) in [6.07, 6.45) is 0. The van der Waals surface area contributed by atoms with Gasteiger partial charge >= 0.3 is 0 Å². The third kappa shape index (κ3) is 8.03. The molecule has 39 heavy (non-hydrogen) atoms. The summed E-state index contributed by atoms with van der Waals surface area (Å²) < 4.78 is 42.1. The van der Waals surface area contributed by atoms with Crippen LogP contribution in [0.15, 0.2) is 77.7 Å². The van der Waals surface area contributed by atoms with Crippen LogP contribution < -0.4 is 9.62 Å². The first-order valence-electron chi connectivity index (χ1n) is 12.5. The van der Waals surface area contributed by atoms with Crippen LogP contribution in [0.25, 0.3) is 0 Å². The molecule has 208 valence electrons. The van der Waals surface area contributed by atoms with Crippen LogP contribution in [0.4, 0.5) is 10.1 Å². The zero-order chi connectivity index (χ0) is 28.7. The molecule has 7 nitrogen and oxygen atoms in total. The van der Waals surface area contributed by atoms with E-state index >= 15 is 0 Å². The number of carbonyl (C=O) groups is 2. The van der Waals surface area contributed by atoms with Crippen LogP contribution in [0.2, 0.25) is 5.02 Å². The van der Waals surface area contributed by atoms with E-state index in [-0.39, 0.29) is 29.0 Å². The molecular formula is C29H33ClFN3O4S. The Kier molecular flexibility index (Phi) is 10.1. The average Bonchev–Trinajstić information content (AvgIpc) is 2.89.